The Bertz CT molecular complexity index is 778. The Morgan fingerprint density at radius 1 is 1.15 bits per heavy atom. The van der Waals surface area contributed by atoms with Crippen LogP contribution in [0.4, 0.5) is 10.1 Å². The van der Waals surface area contributed by atoms with E-state index in [0.29, 0.717) is 11.1 Å². The van der Waals surface area contributed by atoms with Gasteiger partial charge in [0.25, 0.3) is 10.0 Å². The second-order valence-electron chi connectivity index (χ2n) is 4.20. The molecule has 2 aromatic rings. The number of hydrogen-bond acceptors (Lipinski definition) is 3. The molecule has 0 bridgehead atoms. The fourth-order valence-electron chi connectivity index (χ4n) is 1.62. The van der Waals surface area contributed by atoms with E-state index in [4.69, 9.17) is 5.26 Å². The Labute approximate surface area is 116 Å². The van der Waals surface area contributed by atoms with Crippen LogP contribution < -0.4 is 4.72 Å². The van der Waals surface area contributed by atoms with E-state index >= 15 is 0 Å². The third-order valence-electron chi connectivity index (χ3n) is 2.74. The number of nitriles is 1. The lowest BCUT2D eigenvalue weighted by Crippen LogP contribution is -2.13. The van der Waals surface area contributed by atoms with E-state index in [1.807, 2.05) is 6.07 Å². The molecule has 0 saturated heterocycles. The monoisotopic (exact) mass is 290 g/mol. The smallest absolute Gasteiger partial charge is 0.261 e. The van der Waals surface area contributed by atoms with E-state index in [2.05, 4.69) is 4.72 Å². The fourth-order valence-corrected chi connectivity index (χ4v) is 2.74. The summed E-state index contributed by atoms with van der Waals surface area (Å²) in [7, 11) is -3.80. The van der Waals surface area contributed by atoms with Gasteiger partial charge < -0.3 is 0 Å². The number of nitrogens with zero attached hydrogens (tertiary/aromatic N) is 1. The summed E-state index contributed by atoms with van der Waals surface area (Å²) in [6.07, 6.45) is 0. The molecule has 0 aliphatic heterocycles. The highest BCUT2D eigenvalue weighted by molar-refractivity contribution is 7.92. The number of benzene rings is 2. The molecular weight excluding hydrogens is 279 g/mol. The van der Waals surface area contributed by atoms with Crippen molar-refractivity contribution in [3.05, 3.63) is 59.4 Å². The zero-order valence-corrected chi connectivity index (χ0v) is 11.4. The van der Waals surface area contributed by atoms with Gasteiger partial charge >= 0.3 is 0 Å². The molecule has 0 saturated carbocycles. The first-order valence-corrected chi connectivity index (χ1v) is 7.20. The van der Waals surface area contributed by atoms with Crippen molar-refractivity contribution in [2.45, 2.75) is 11.8 Å². The normalized spacial score (nSPS) is 10.8. The zero-order chi connectivity index (χ0) is 14.8. The Hall–Kier alpha value is -2.39. The minimum absolute atomic E-state index is 0.0140. The first-order valence-electron chi connectivity index (χ1n) is 5.71. The van der Waals surface area contributed by atoms with Crippen molar-refractivity contribution in [3.63, 3.8) is 0 Å². The maximum atomic E-state index is 13.2. The van der Waals surface area contributed by atoms with Crippen molar-refractivity contribution >= 4 is 15.7 Å². The first kappa shape index (κ1) is 14.0. The predicted octanol–water partition coefficient (Wildman–Crippen LogP) is 2.81. The molecule has 0 aromatic heterocycles. The van der Waals surface area contributed by atoms with Crippen molar-refractivity contribution < 1.29 is 12.8 Å². The third-order valence-corrected chi connectivity index (χ3v) is 4.12. The van der Waals surface area contributed by atoms with Gasteiger partial charge in [0.1, 0.15) is 5.82 Å². The Morgan fingerprint density at radius 2 is 1.80 bits per heavy atom. The molecule has 0 spiro atoms. The summed E-state index contributed by atoms with van der Waals surface area (Å²) < 4.78 is 39.8. The van der Waals surface area contributed by atoms with Gasteiger partial charge in [0.2, 0.25) is 0 Å². The van der Waals surface area contributed by atoms with Crippen molar-refractivity contribution in [2.24, 2.45) is 0 Å². The highest BCUT2D eigenvalue weighted by atomic mass is 32.2. The van der Waals surface area contributed by atoms with Gasteiger partial charge in [0.15, 0.2) is 0 Å². The van der Waals surface area contributed by atoms with Crippen LogP contribution in [-0.4, -0.2) is 8.42 Å². The minimum atomic E-state index is -3.80. The second-order valence-corrected chi connectivity index (χ2v) is 5.88. The van der Waals surface area contributed by atoms with Crippen LogP contribution in [0.5, 0.6) is 0 Å². The van der Waals surface area contributed by atoms with Crippen molar-refractivity contribution in [3.8, 4) is 6.07 Å². The Morgan fingerprint density at radius 3 is 2.40 bits per heavy atom. The maximum Gasteiger partial charge on any atom is 0.261 e. The number of rotatable bonds is 3. The van der Waals surface area contributed by atoms with Crippen LogP contribution >= 0.6 is 0 Å². The predicted molar refractivity (Wildman–Crippen MR) is 73.1 cm³/mol. The molecule has 1 N–H and O–H groups in total. The number of hydrogen-bond donors (Lipinski definition) is 1. The van der Waals surface area contributed by atoms with Gasteiger partial charge in [-0.2, -0.15) is 5.26 Å². The SMILES string of the molecule is Cc1ccc(F)cc1NS(=O)(=O)c1ccc(C#N)cc1. The van der Waals surface area contributed by atoms with Crippen LogP contribution in [0.3, 0.4) is 0 Å². The topological polar surface area (TPSA) is 70.0 Å². The largest absolute Gasteiger partial charge is 0.279 e. The molecule has 4 nitrogen and oxygen atoms in total. The molecule has 2 rings (SSSR count). The summed E-state index contributed by atoms with van der Waals surface area (Å²) in [6.45, 7) is 1.68. The summed E-state index contributed by atoms with van der Waals surface area (Å²) in [4.78, 5) is 0.0140. The highest BCUT2D eigenvalue weighted by Crippen LogP contribution is 2.20. The number of sulfonamides is 1. The van der Waals surface area contributed by atoms with Crippen LogP contribution in [0.25, 0.3) is 0 Å². The number of anilines is 1. The number of nitrogens with one attached hydrogen (secondary N) is 1. The lowest BCUT2D eigenvalue weighted by molar-refractivity contribution is 0.601. The van der Waals surface area contributed by atoms with E-state index in [9.17, 15) is 12.8 Å². The van der Waals surface area contributed by atoms with Gasteiger partial charge in [-0.1, -0.05) is 6.07 Å². The summed E-state index contributed by atoms with van der Waals surface area (Å²) >= 11 is 0. The van der Waals surface area contributed by atoms with Crippen molar-refractivity contribution in [1.29, 1.82) is 5.26 Å². The summed E-state index contributed by atoms with van der Waals surface area (Å²) in [5.41, 5.74) is 1.17. The standard InChI is InChI=1S/C14H11FN2O2S/c1-10-2-5-12(15)8-14(10)17-20(18,19)13-6-3-11(9-16)4-7-13/h2-8,17H,1H3. The van der Waals surface area contributed by atoms with Gasteiger partial charge in [-0.25, -0.2) is 12.8 Å². The summed E-state index contributed by atoms with van der Waals surface area (Å²) in [5, 5.41) is 8.68. The molecular formula is C14H11FN2O2S. The molecule has 0 atom stereocenters. The van der Waals surface area contributed by atoms with E-state index < -0.39 is 15.8 Å². The molecule has 6 heteroatoms. The number of halogens is 1. The van der Waals surface area contributed by atoms with Gasteiger partial charge in [0, 0.05) is 0 Å². The lowest BCUT2D eigenvalue weighted by atomic mass is 10.2. The van der Waals surface area contributed by atoms with Crippen LogP contribution in [0, 0.1) is 24.1 Å². The molecule has 102 valence electrons. The maximum absolute atomic E-state index is 13.2. The summed E-state index contributed by atoms with van der Waals surface area (Å²) in [6, 6.07) is 11.3. The quantitative estimate of drug-likeness (QED) is 0.945. The fraction of sp³-hybridized carbons (Fsp3) is 0.0714. The molecule has 0 radical (unpaired) electrons. The third kappa shape index (κ3) is 2.95. The Kier molecular flexibility index (Phi) is 3.72. The highest BCUT2D eigenvalue weighted by Gasteiger charge is 2.15. The molecule has 0 fully saturated rings. The molecule has 2 aromatic carbocycles. The minimum Gasteiger partial charge on any atom is -0.279 e. The molecule has 20 heavy (non-hydrogen) atoms. The van der Waals surface area contributed by atoms with E-state index in [1.54, 1.807) is 6.92 Å². The lowest BCUT2D eigenvalue weighted by Gasteiger charge is -2.10. The van der Waals surface area contributed by atoms with Gasteiger partial charge in [-0.15, -0.1) is 0 Å². The average Bonchev–Trinajstić information content (AvgIpc) is 2.43. The Balaban J connectivity index is 2.35. The van der Waals surface area contributed by atoms with Crippen molar-refractivity contribution in [1.82, 2.24) is 0 Å². The van der Waals surface area contributed by atoms with E-state index in [1.165, 1.54) is 36.4 Å². The zero-order valence-electron chi connectivity index (χ0n) is 10.6. The molecule has 0 unspecified atom stereocenters. The second kappa shape index (κ2) is 5.31. The van der Waals surface area contributed by atoms with Gasteiger partial charge in [0.05, 0.1) is 22.2 Å². The number of aryl methyl sites for hydroxylation is 1. The van der Waals surface area contributed by atoms with Gasteiger partial charge in [-0.3, -0.25) is 4.72 Å². The van der Waals surface area contributed by atoms with Crippen LogP contribution in [0.15, 0.2) is 47.4 Å². The van der Waals surface area contributed by atoms with Gasteiger partial charge in [-0.05, 0) is 48.9 Å². The van der Waals surface area contributed by atoms with Crippen molar-refractivity contribution in [2.75, 3.05) is 4.72 Å². The van der Waals surface area contributed by atoms with Crippen LogP contribution in [-0.2, 0) is 10.0 Å². The van der Waals surface area contributed by atoms with E-state index in [0.717, 1.165) is 6.07 Å². The molecule has 0 aliphatic rings. The average molecular weight is 290 g/mol. The van der Waals surface area contributed by atoms with Crippen LogP contribution in [0.2, 0.25) is 0 Å². The van der Waals surface area contributed by atoms with Crippen LogP contribution in [0.1, 0.15) is 11.1 Å². The summed E-state index contributed by atoms with van der Waals surface area (Å²) in [5.74, 6) is -0.520. The molecule has 0 amide bonds. The molecule has 0 aliphatic carbocycles. The molecule has 0 heterocycles. The first-order chi connectivity index (χ1) is 9.42. The van der Waals surface area contributed by atoms with E-state index in [-0.39, 0.29) is 10.6 Å².